The van der Waals surface area contributed by atoms with E-state index in [0.29, 0.717) is 29.3 Å². The molecule has 1 saturated heterocycles. The molecule has 2 aliphatic rings. The first-order valence-corrected chi connectivity index (χ1v) is 10.6. The predicted molar refractivity (Wildman–Crippen MR) is 117 cm³/mol. The number of hydrogen-bond donors (Lipinski definition) is 2. The highest BCUT2D eigenvalue weighted by atomic mass is 16.5. The third kappa shape index (κ3) is 3.47. The molecule has 0 spiro atoms. The number of allylic oxidation sites excluding steroid dienone is 1. The van der Waals surface area contributed by atoms with E-state index >= 15 is 0 Å². The molecule has 3 aromatic rings. The summed E-state index contributed by atoms with van der Waals surface area (Å²) in [5, 5.41) is 11.4. The first-order chi connectivity index (χ1) is 15.2. The van der Waals surface area contributed by atoms with Crippen molar-refractivity contribution in [2.45, 2.75) is 19.9 Å². The highest BCUT2D eigenvalue weighted by Crippen LogP contribution is 2.44. The molecular formula is C23H25N5O3. The zero-order valence-electron chi connectivity index (χ0n) is 17.6. The Bertz CT molecular complexity index is 1160. The van der Waals surface area contributed by atoms with Crippen molar-refractivity contribution in [2.24, 2.45) is 0 Å². The van der Waals surface area contributed by atoms with Crippen LogP contribution in [0.2, 0.25) is 0 Å². The second-order valence-corrected chi connectivity index (χ2v) is 7.70. The van der Waals surface area contributed by atoms with Crippen LogP contribution in [-0.2, 0) is 0 Å². The lowest BCUT2D eigenvalue weighted by Gasteiger charge is -2.34. The van der Waals surface area contributed by atoms with Crippen LogP contribution in [0.4, 0.5) is 0 Å². The summed E-state index contributed by atoms with van der Waals surface area (Å²) >= 11 is 0. The van der Waals surface area contributed by atoms with E-state index in [4.69, 9.17) is 9.47 Å². The first kappa shape index (κ1) is 19.7. The fourth-order valence-electron chi connectivity index (χ4n) is 4.29. The number of pyridine rings is 1. The number of ether oxygens (including phenoxy) is 2. The fraction of sp³-hybridized carbons (Fsp3) is 0.348. The molecule has 4 heterocycles. The van der Waals surface area contributed by atoms with Crippen LogP contribution in [0.3, 0.4) is 0 Å². The lowest BCUT2D eigenvalue weighted by molar-refractivity contribution is 0.101. The average Bonchev–Trinajstić information content (AvgIpc) is 3.35. The summed E-state index contributed by atoms with van der Waals surface area (Å²) in [7, 11) is 0. The Morgan fingerprint density at radius 2 is 2.13 bits per heavy atom. The van der Waals surface area contributed by atoms with E-state index in [1.54, 1.807) is 18.3 Å². The number of hydrogen-bond acceptors (Lipinski definition) is 7. The summed E-state index contributed by atoms with van der Waals surface area (Å²) in [5.74, 6) is 1.46. The molecule has 0 bridgehead atoms. The smallest absolute Gasteiger partial charge is 0.232 e. The SMILES string of the molecule is CCOc1ccc2c(c1C(C)N1CCNCC1)O/C(=C\c1n[nH]c3ncccc13)C2=O. The number of aromatic amines is 1. The van der Waals surface area contributed by atoms with E-state index in [0.717, 1.165) is 42.9 Å². The minimum Gasteiger partial charge on any atom is -0.493 e. The number of rotatable bonds is 5. The molecule has 1 unspecified atom stereocenters. The second-order valence-electron chi connectivity index (χ2n) is 7.70. The summed E-state index contributed by atoms with van der Waals surface area (Å²) in [6.45, 7) is 8.39. The van der Waals surface area contributed by atoms with Gasteiger partial charge in [-0.15, -0.1) is 0 Å². The van der Waals surface area contributed by atoms with Gasteiger partial charge >= 0.3 is 0 Å². The lowest BCUT2D eigenvalue weighted by atomic mass is 9.99. The Hall–Kier alpha value is -3.23. The van der Waals surface area contributed by atoms with Gasteiger partial charge in [0.25, 0.3) is 0 Å². The molecular weight excluding hydrogens is 394 g/mol. The summed E-state index contributed by atoms with van der Waals surface area (Å²) in [5.41, 5.74) is 2.78. The lowest BCUT2D eigenvalue weighted by Crippen LogP contribution is -2.44. The Morgan fingerprint density at radius 1 is 1.29 bits per heavy atom. The minimum atomic E-state index is -0.146. The summed E-state index contributed by atoms with van der Waals surface area (Å²) < 4.78 is 12.1. The molecule has 160 valence electrons. The number of H-pyrrole nitrogens is 1. The molecule has 1 fully saturated rings. The molecule has 2 aromatic heterocycles. The van der Waals surface area contributed by atoms with Gasteiger partial charge in [-0.25, -0.2) is 4.98 Å². The largest absolute Gasteiger partial charge is 0.493 e. The Morgan fingerprint density at radius 3 is 2.94 bits per heavy atom. The molecule has 1 atom stereocenters. The molecule has 8 nitrogen and oxygen atoms in total. The van der Waals surface area contributed by atoms with Gasteiger partial charge in [0, 0.05) is 49.9 Å². The standard InChI is InChI=1S/C23H25N5O3/c1-3-30-18-7-6-16-21(29)19(13-17-15-5-4-8-25-23(15)27-26-17)31-22(16)20(18)14(2)28-11-9-24-10-12-28/h4-8,13-14,24H,3,9-12H2,1-2H3,(H,25,26,27)/b19-13-. The third-order valence-corrected chi connectivity index (χ3v) is 5.89. The van der Waals surface area contributed by atoms with Crippen LogP contribution in [0.15, 0.2) is 36.2 Å². The van der Waals surface area contributed by atoms with Gasteiger partial charge in [-0.05, 0) is 38.1 Å². The van der Waals surface area contributed by atoms with Gasteiger partial charge in [-0.1, -0.05) is 0 Å². The Labute approximate surface area is 180 Å². The van der Waals surface area contributed by atoms with E-state index in [2.05, 4.69) is 32.3 Å². The minimum absolute atomic E-state index is 0.0566. The zero-order valence-corrected chi connectivity index (χ0v) is 17.6. The molecule has 5 rings (SSSR count). The van der Waals surface area contributed by atoms with Crippen LogP contribution >= 0.6 is 0 Å². The van der Waals surface area contributed by atoms with E-state index in [-0.39, 0.29) is 17.6 Å². The Kier molecular flexibility index (Phi) is 5.17. The maximum Gasteiger partial charge on any atom is 0.232 e. The Balaban J connectivity index is 1.55. The quantitative estimate of drug-likeness (QED) is 0.614. The highest BCUT2D eigenvalue weighted by molar-refractivity contribution is 6.15. The fourth-order valence-corrected chi connectivity index (χ4v) is 4.29. The maximum absolute atomic E-state index is 13.2. The predicted octanol–water partition coefficient (Wildman–Crippen LogP) is 2.94. The normalized spacial score (nSPS) is 18.9. The monoisotopic (exact) mass is 419 g/mol. The van der Waals surface area contributed by atoms with Crippen LogP contribution < -0.4 is 14.8 Å². The van der Waals surface area contributed by atoms with E-state index in [1.807, 2.05) is 25.1 Å². The second kappa shape index (κ2) is 8.13. The zero-order chi connectivity index (χ0) is 21.4. The van der Waals surface area contributed by atoms with E-state index in [9.17, 15) is 4.79 Å². The molecule has 0 radical (unpaired) electrons. The van der Waals surface area contributed by atoms with Crippen molar-refractivity contribution in [2.75, 3.05) is 32.8 Å². The molecule has 31 heavy (non-hydrogen) atoms. The van der Waals surface area contributed by atoms with Crippen LogP contribution in [0, 0.1) is 0 Å². The molecule has 0 aliphatic carbocycles. The number of carbonyl (C=O) groups excluding carboxylic acids is 1. The van der Waals surface area contributed by atoms with Crippen molar-refractivity contribution in [1.82, 2.24) is 25.4 Å². The van der Waals surface area contributed by atoms with Gasteiger partial charge in [-0.3, -0.25) is 14.8 Å². The summed E-state index contributed by atoms with van der Waals surface area (Å²) in [6, 6.07) is 7.49. The van der Waals surface area contributed by atoms with Gasteiger partial charge in [0.15, 0.2) is 11.4 Å². The number of aromatic nitrogens is 3. The number of carbonyl (C=O) groups is 1. The van der Waals surface area contributed by atoms with Gasteiger partial charge in [-0.2, -0.15) is 5.10 Å². The van der Waals surface area contributed by atoms with E-state index in [1.165, 1.54) is 0 Å². The van der Waals surface area contributed by atoms with Crippen molar-refractivity contribution in [1.29, 1.82) is 0 Å². The summed E-state index contributed by atoms with van der Waals surface area (Å²) in [6.07, 6.45) is 3.38. The van der Waals surface area contributed by atoms with Crippen LogP contribution in [0.5, 0.6) is 11.5 Å². The van der Waals surface area contributed by atoms with E-state index < -0.39 is 0 Å². The molecule has 2 N–H and O–H groups in total. The van der Waals surface area contributed by atoms with Gasteiger partial charge in [0.1, 0.15) is 11.5 Å². The summed E-state index contributed by atoms with van der Waals surface area (Å²) in [4.78, 5) is 19.8. The molecule has 0 amide bonds. The molecule has 1 aromatic carbocycles. The molecule has 0 saturated carbocycles. The number of nitrogens with zero attached hydrogens (tertiary/aromatic N) is 3. The van der Waals surface area contributed by atoms with Crippen molar-refractivity contribution in [3.05, 3.63) is 53.0 Å². The average molecular weight is 419 g/mol. The number of Topliss-reactive ketones (excluding diaryl/α,β-unsaturated/α-hetero) is 1. The van der Waals surface area contributed by atoms with Crippen LogP contribution in [-0.4, -0.2) is 58.7 Å². The van der Waals surface area contributed by atoms with Gasteiger partial charge in [0.2, 0.25) is 5.78 Å². The maximum atomic E-state index is 13.2. The molecule has 8 heteroatoms. The van der Waals surface area contributed by atoms with Crippen molar-refractivity contribution in [3.8, 4) is 11.5 Å². The van der Waals surface area contributed by atoms with Crippen LogP contribution in [0.1, 0.15) is 41.5 Å². The topological polar surface area (TPSA) is 92.4 Å². The van der Waals surface area contributed by atoms with Crippen LogP contribution in [0.25, 0.3) is 17.1 Å². The van der Waals surface area contributed by atoms with Crippen molar-refractivity contribution >= 4 is 22.9 Å². The van der Waals surface area contributed by atoms with Gasteiger partial charge in [0.05, 0.1) is 23.4 Å². The van der Waals surface area contributed by atoms with Crippen molar-refractivity contribution in [3.63, 3.8) is 0 Å². The highest BCUT2D eigenvalue weighted by Gasteiger charge is 2.35. The number of ketones is 1. The molecule has 2 aliphatic heterocycles. The number of fused-ring (bicyclic) bond motifs is 2. The number of benzene rings is 1. The first-order valence-electron chi connectivity index (χ1n) is 10.6. The van der Waals surface area contributed by atoms with Crippen molar-refractivity contribution < 1.29 is 14.3 Å². The van der Waals surface area contributed by atoms with Gasteiger partial charge < -0.3 is 14.8 Å². The number of nitrogens with one attached hydrogen (secondary N) is 2. The number of piperazine rings is 1. The third-order valence-electron chi connectivity index (χ3n) is 5.89.